The van der Waals surface area contributed by atoms with Crippen LogP contribution in [0.4, 0.5) is 8.78 Å². The van der Waals surface area contributed by atoms with Crippen LogP contribution in [0.15, 0.2) is 42.5 Å². The third-order valence-corrected chi connectivity index (χ3v) is 2.76. The van der Waals surface area contributed by atoms with Gasteiger partial charge in [0.25, 0.3) is 0 Å². The molecule has 0 atom stereocenters. The van der Waals surface area contributed by atoms with E-state index in [1.165, 1.54) is 6.07 Å². The van der Waals surface area contributed by atoms with E-state index >= 15 is 0 Å². The molecule has 2 aromatic rings. The highest BCUT2D eigenvalue weighted by Crippen LogP contribution is 2.18. The molecular weight excluding hydrogens is 274 g/mol. The van der Waals surface area contributed by atoms with Crippen LogP contribution in [0, 0.1) is 11.6 Å². The van der Waals surface area contributed by atoms with Gasteiger partial charge < -0.3 is 4.74 Å². The Morgan fingerprint density at radius 2 is 1.84 bits per heavy atom. The van der Waals surface area contributed by atoms with E-state index in [9.17, 15) is 13.6 Å². The molecule has 2 aromatic carbocycles. The number of halogens is 3. The van der Waals surface area contributed by atoms with Crippen molar-refractivity contribution in [3.8, 4) is 5.75 Å². The zero-order chi connectivity index (χ0) is 13.8. The Morgan fingerprint density at radius 1 is 1.11 bits per heavy atom. The molecule has 0 amide bonds. The van der Waals surface area contributed by atoms with Crippen molar-refractivity contribution in [2.24, 2.45) is 0 Å². The van der Waals surface area contributed by atoms with Crippen molar-refractivity contribution in [3.05, 3.63) is 64.7 Å². The van der Waals surface area contributed by atoms with Gasteiger partial charge in [-0.2, -0.15) is 0 Å². The summed E-state index contributed by atoms with van der Waals surface area (Å²) in [6.45, 7) is -0.297. The quantitative estimate of drug-likeness (QED) is 0.796. The molecule has 19 heavy (non-hydrogen) atoms. The molecule has 0 unspecified atom stereocenters. The molecule has 0 saturated carbocycles. The molecule has 0 radical (unpaired) electrons. The molecule has 5 heteroatoms. The van der Waals surface area contributed by atoms with Gasteiger partial charge in [-0.3, -0.25) is 4.79 Å². The number of ketones is 1. The summed E-state index contributed by atoms with van der Waals surface area (Å²) >= 11 is 5.86. The highest BCUT2D eigenvalue weighted by molar-refractivity contribution is 6.34. The number of ether oxygens (including phenoxy) is 1. The second-order valence-electron chi connectivity index (χ2n) is 3.77. The van der Waals surface area contributed by atoms with Crippen LogP contribution in [0.25, 0.3) is 0 Å². The van der Waals surface area contributed by atoms with Gasteiger partial charge in [-0.1, -0.05) is 23.7 Å². The predicted molar refractivity (Wildman–Crippen MR) is 67.6 cm³/mol. The molecular formula is C14H9ClF2O2. The van der Waals surface area contributed by atoms with Crippen LogP contribution in [0.2, 0.25) is 5.02 Å². The highest BCUT2D eigenvalue weighted by atomic mass is 35.5. The molecule has 2 rings (SSSR count). The minimum atomic E-state index is -1.03. The SMILES string of the molecule is O=C(COc1ccc(F)c(F)c1)c1ccccc1Cl. The summed E-state index contributed by atoms with van der Waals surface area (Å²) in [6, 6.07) is 9.61. The Morgan fingerprint density at radius 3 is 2.53 bits per heavy atom. The summed E-state index contributed by atoms with van der Waals surface area (Å²) in [5.41, 5.74) is 0.326. The number of hydrogen-bond acceptors (Lipinski definition) is 2. The van der Waals surface area contributed by atoms with E-state index in [2.05, 4.69) is 0 Å². The number of benzene rings is 2. The normalized spacial score (nSPS) is 10.3. The topological polar surface area (TPSA) is 26.3 Å². The lowest BCUT2D eigenvalue weighted by Crippen LogP contribution is -2.12. The summed E-state index contributed by atoms with van der Waals surface area (Å²) in [5.74, 6) is -2.25. The second-order valence-corrected chi connectivity index (χ2v) is 4.17. The van der Waals surface area contributed by atoms with E-state index in [0.29, 0.717) is 10.6 Å². The predicted octanol–water partition coefficient (Wildman–Crippen LogP) is 3.88. The summed E-state index contributed by atoms with van der Waals surface area (Å²) in [6.07, 6.45) is 0. The lowest BCUT2D eigenvalue weighted by molar-refractivity contribution is 0.0921. The number of hydrogen-bond donors (Lipinski definition) is 0. The average Bonchev–Trinajstić information content (AvgIpc) is 2.40. The molecule has 0 bridgehead atoms. The molecule has 0 aromatic heterocycles. The summed E-state index contributed by atoms with van der Waals surface area (Å²) in [5, 5.41) is 0.321. The van der Waals surface area contributed by atoms with Crippen LogP contribution >= 0.6 is 11.6 Å². The molecule has 0 spiro atoms. The van der Waals surface area contributed by atoms with Crippen molar-refractivity contribution in [3.63, 3.8) is 0 Å². The zero-order valence-electron chi connectivity index (χ0n) is 9.70. The van der Waals surface area contributed by atoms with Gasteiger partial charge in [0, 0.05) is 11.6 Å². The summed E-state index contributed by atoms with van der Waals surface area (Å²) in [7, 11) is 0. The maximum absolute atomic E-state index is 12.9. The first-order valence-corrected chi connectivity index (χ1v) is 5.81. The first-order valence-electron chi connectivity index (χ1n) is 5.43. The van der Waals surface area contributed by atoms with E-state index in [0.717, 1.165) is 12.1 Å². The summed E-state index contributed by atoms with van der Waals surface area (Å²) < 4.78 is 30.7. The van der Waals surface area contributed by atoms with E-state index in [1.54, 1.807) is 24.3 Å². The number of rotatable bonds is 4. The minimum absolute atomic E-state index is 0.0827. The van der Waals surface area contributed by atoms with Crippen LogP contribution in [0.1, 0.15) is 10.4 Å². The fraction of sp³-hybridized carbons (Fsp3) is 0.0714. The Bertz CT molecular complexity index is 614. The van der Waals surface area contributed by atoms with Gasteiger partial charge in [-0.25, -0.2) is 8.78 Å². The molecule has 0 aliphatic rings. The molecule has 2 nitrogen and oxygen atoms in total. The molecule has 0 fully saturated rings. The van der Waals surface area contributed by atoms with E-state index in [4.69, 9.17) is 16.3 Å². The van der Waals surface area contributed by atoms with Crippen LogP contribution in [0.5, 0.6) is 5.75 Å². The van der Waals surface area contributed by atoms with Crippen LogP contribution in [0.3, 0.4) is 0 Å². The van der Waals surface area contributed by atoms with Crippen molar-refractivity contribution in [1.29, 1.82) is 0 Å². The zero-order valence-corrected chi connectivity index (χ0v) is 10.5. The average molecular weight is 283 g/mol. The molecule has 98 valence electrons. The Labute approximate surface area is 113 Å². The van der Waals surface area contributed by atoms with Gasteiger partial charge in [-0.05, 0) is 24.3 Å². The molecule has 0 aliphatic carbocycles. The number of Topliss-reactive ketones (excluding diaryl/α,β-unsaturated/α-hetero) is 1. The maximum Gasteiger partial charge on any atom is 0.201 e. The van der Waals surface area contributed by atoms with Gasteiger partial charge in [0.2, 0.25) is 5.78 Å². The standard InChI is InChI=1S/C14H9ClF2O2/c15-11-4-2-1-3-10(11)14(18)8-19-9-5-6-12(16)13(17)7-9/h1-7H,8H2. The second kappa shape index (κ2) is 5.80. The smallest absolute Gasteiger partial charge is 0.201 e. The Balaban J connectivity index is 2.04. The Kier molecular flexibility index (Phi) is 4.12. The van der Waals surface area contributed by atoms with E-state index in [-0.39, 0.29) is 18.1 Å². The maximum atomic E-state index is 12.9. The first kappa shape index (κ1) is 13.5. The molecule has 0 N–H and O–H groups in total. The monoisotopic (exact) mass is 282 g/mol. The molecule has 0 heterocycles. The van der Waals surface area contributed by atoms with Gasteiger partial charge in [0.05, 0.1) is 5.02 Å². The lowest BCUT2D eigenvalue weighted by atomic mass is 10.1. The number of carbonyl (C=O) groups is 1. The van der Waals surface area contributed by atoms with E-state index in [1.807, 2.05) is 0 Å². The van der Waals surface area contributed by atoms with Crippen molar-refractivity contribution in [2.75, 3.05) is 6.61 Å². The molecule has 0 aliphatic heterocycles. The van der Waals surface area contributed by atoms with Crippen LogP contribution in [-0.2, 0) is 0 Å². The van der Waals surface area contributed by atoms with Crippen LogP contribution in [-0.4, -0.2) is 12.4 Å². The van der Waals surface area contributed by atoms with Crippen molar-refractivity contribution < 1.29 is 18.3 Å². The summed E-state index contributed by atoms with van der Waals surface area (Å²) in [4.78, 5) is 11.8. The molecule has 0 saturated heterocycles. The van der Waals surface area contributed by atoms with Gasteiger partial charge in [0.1, 0.15) is 5.75 Å². The third-order valence-electron chi connectivity index (χ3n) is 2.44. The van der Waals surface area contributed by atoms with Crippen molar-refractivity contribution in [2.45, 2.75) is 0 Å². The van der Waals surface area contributed by atoms with Gasteiger partial charge in [0.15, 0.2) is 18.2 Å². The Hall–Kier alpha value is -1.94. The highest BCUT2D eigenvalue weighted by Gasteiger charge is 2.11. The van der Waals surface area contributed by atoms with Crippen molar-refractivity contribution >= 4 is 17.4 Å². The lowest BCUT2D eigenvalue weighted by Gasteiger charge is -2.06. The van der Waals surface area contributed by atoms with Crippen LogP contribution < -0.4 is 4.74 Å². The van der Waals surface area contributed by atoms with Gasteiger partial charge >= 0.3 is 0 Å². The van der Waals surface area contributed by atoms with Crippen molar-refractivity contribution in [1.82, 2.24) is 0 Å². The number of carbonyl (C=O) groups excluding carboxylic acids is 1. The third kappa shape index (κ3) is 3.29. The fourth-order valence-electron chi connectivity index (χ4n) is 1.48. The first-order chi connectivity index (χ1) is 9.08. The van der Waals surface area contributed by atoms with Gasteiger partial charge in [-0.15, -0.1) is 0 Å². The fourth-order valence-corrected chi connectivity index (χ4v) is 1.72. The minimum Gasteiger partial charge on any atom is -0.485 e. The van der Waals surface area contributed by atoms with E-state index < -0.39 is 11.6 Å². The largest absolute Gasteiger partial charge is 0.485 e.